The predicted molar refractivity (Wildman–Crippen MR) is 126 cm³/mol. The highest BCUT2D eigenvalue weighted by Gasteiger charge is 2.26. The lowest BCUT2D eigenvalue weighted by Gasteiger charge is -2.22. The second kappa shape index (κ2) is 9.71. The molecule has 0 N–H and O–H groups in total. The molecule has 3 aromatic rings. The number of aryl methyl sites for hydroxylation is 1. The molecule has 1 atom stereocenters. The van der Waals surface area contributed by atoms with E-state index in [1.54, 1.807) is 23.8 Å². The number of para-hydroxylation sites is 2. The van der Waals surface area contributed by atoms with Crippen molar-refractivity contribution in [1.29, 1.82) is 0 Å². The van der Waals surface area contributed by atoms with Gasteiger partial charge < -0.3 is 14.4 Å². The third-order valence-electron chi connectivity index (χ3n) is 5.58. The molecule has 1 aliphatic rings. The number of carbonyl (C=O) groups excluding carboxylic acids is 2. The topological polar surface area (TPSA) is 68.7 Å². The minimum atomic E-state index is -0.563. The minimum absolute atomic E-state index is 0.179. The van der Waals surface area contributed by atoms with E-state index in [0.29, 0.717) is 23.1 Å². The fourth-order valence-electron chi connectivity index (χ4n) is 3.98. The fraction of sp³-hybridized carbons (Fsp3) is 0.320. The number of ether oxygens (including phenoxy) is 2. The summed E-state index contributed by atoms with van der Waals surface area (Å²) in [7, 11) is 1.56. The summed E-state index contributed by atoms with van der Waals surface area (Å²) >= 11 is 1.76. The number of methoxy groups -OCH3 is 1. The van der Waals surface area contributed by atoms with Gasteiger partial charge in [-0.3, -0.25) is 4.79 Å². The van der Waals surface area contributed by atoms with Crippen LogP contribution in [0.25, 0.3) is 10.9 Å². The lowest BCUT2D eigenvalue weighted by Crippen LogP contribution is -2.36. The molecule has 2 heterocycles. The number of nitrogens with zero attached hydrogens (tertiary/aromatic N) is 2. The van der Waals surface area contributed by atoms with Crippen LogP contribution in [0.4, 0.5) is 5.69 Å². The predicted octanol–water partition coefficient (Wildman–Crippen LogP) is 4.76. The van der Waals surface area contributed by atoms with Gasteiger partial charge in [-0.1, -0.05) is 37.3 Å². The zero-order chi connectivity index (χ0) is 22.7. The van der Waals surface area contributed by atoms with Crippen LogP contribution < -0.4 is 4.90 Å². The lowest BCUT2D eigenvalue weighted by molar-refractivity contribution is -0.121. The van der Waals surface area contributed by atoms with Gasteiger partial charge in [-0.25, -0.2) is 9.78 Å². The molecule has 32 heavy (non-hydrogen) atoms. The molecule has 0 bridgehead atoms. The Labute approximate surface area is 191 Å². The van der Waals surface area contributed by atoms with Gasteiger partial charge >= 0.3 is 5.97 Å². The molecule has 0 saturated carbocycles. The summed E-state index contributed by atoms with van der Waals surface area (Å²) in [5, 5.41) is 1.28. The summed E-state index contributed by atoms with van der Waals surface area (Å²) in [5.74, 6) is -0.799. The SMILES string of the molecule is COCc1nc2ccccc2c(C)c1C(=O)OCC(=O)N1CCC(C)Sc2ccccc21. The average molecular weight is 451 g/mol. The number of amides is 1. The molecule has 0 radical (unpaired) electrons. The van der Waals surface area contributed by atoms with Crippen LogP contribution in [0.3, 0.4) is 0 Å². The Morgan fingerprint density at radius 2 is 1.91 bits per heavy atom. The van der Waals surface area contributed by atoms with Crippen molar-refractivity contribution < 1.29 is 19.1 Å². The van der Waals surface area contributed by atoms with E-state index in [9.17, 15) is 9.59 Å². The molecule has 1 aliphatic heterocycles. The Hall–Kier alpha value is -2.90. The maximum atomic E-state index is 13.1. The third-order valence-corrected chi connectivity index (χ3v) is 6.82. The molecule has 1 aromatic heterocycles. The first-order chi connectivity index (χ1) is 15.5. The smallest absolute Gasteiger partial charge is 0.340 e. The molecule has 1 unspecified atom stereocenters. The summed E-state index contributed by atoms with van der Waals surface area (Å²) in [4.78, 5) is 33.5. The van der Waals surface area contributed by atoms with Crippen LogP contribution >= 0.6 is 11.8 Å². The number of fused-ring (bicyclic) bond motifs is 2. The van der Waals surface area contributed by atoms with Crippen molar-refractivity contribution in [3.63, 3.8) is 0 Å². The number of pyridine rings is 1. The zero-order valence-corrected chi connectivity index (χ0v) is 19.3. The van der Waals surface area contributed by atoms with Crippen LogP contribution in [-0.4, -0.2) is 42.4 Å². The van der Waals surface area contributed by atoms with E-state index in [1.165, 1.54) is 0 Å². The number of aromatic nitrogens is 1. The van der Waals surface area contributed by atoms with E-state index in [0.717, 1.165) is 33.5 Å². The molecule has 6 nitrogen and oxygen atoms in total. The summed E-state index contributed by atoms with van der Waals surface area (Å²) in [6.45, 7) is 4.46. The monoisotopic (exact) mass is 450 g/mol. The number of esters is 1. The van der Waals surface area contributed by atoms with Gasteiger partial charge in [0.2, 0.25) is 0 Å². The van der Waals surface area contributed by atoms with Crippen molar-refractivity contribution in [2.45, 2.75) is 37.0 Å². The van der Waals surface area contributed by atoms with Crippen LogP contribution in [0.1, 0.15) is 35.0 Å². The van der Waals surface area contributed by atoms with E-state index in [-0.39, 0.29) is 19.1 Å². The van der Waals surface area contributed by atoms with E-state index in [2.05, 4.69) is 11.9 Å². The maximum absolute atomic E-state index is 13.1. The van der Waals surface area contributed by atoms with Gasteiger partial charge in [0.1, 0.15) is 0 Å². The Bertz CT molecular complexity index is 1160. The highest BCUT2D eigenvalue weighted by atomic mass is 32.2. The van der Waals surface area contributed by atoms with Crippen molar-refractivity contribution in [3.8, 4) is 0 Å². The van der Waals surface area contributed by atoms with Crippen LogP contribution in [0.15, 0.2) is 53.4 Å². The van der Waals surface area contributed by atoms with E-state index in [1.807, 2.05) is 55.5 Å². The number of hydrogen-bond donors (Lipinski definition) is 0. The number of thioether (sulfide) groups is 1. The third kappa shape index (κ3) is 4.49. The molecule has 0 saturated heterocycles. The largest absolute Gasteiger partial charge is 0.452 e. The first-order valence-electron chi connectivity index (χ1n) is 10.6. The Kier molecular flexibility index (Phi) is 6.77. The lowest BCUT2D eigenvalue weighted by atomic mass is 10.0. The Morgan fingerprint density at radius 3 is 2.72 bits per heavy atom. The second-order valence-electron chi connectivity index (χ2n) is 7.82. The van der Waals surface area contributed by atoms with Gasteiger partial charge in [-0.2, -0.15) is 0 Å². The normalized spacial score (nSPS) is 15.8. The van der Waals surface area contributed by atoms with Crippen molar-refractivity contribution in [2.24, 2.45) is 0 Å². The molecule has 166 valence electrons. The van der Waals surface area contributed by atoms with Crippen molar-refractivity contribution in [3.05, 3.63) is 65.4 Å². The zero-order valence-electron chi connectivity index (χ0n) is 18.5. The molecule has 2 aromatic carbocycles. The molecule has 0 aliphatic carbocycles. The standard InChI is InChI=1S/C25H26N2O4S/c1-16-12-13-27(21-10-6-7-11-22(21)32-16)23(28)15-31-25(29)24-17(2)18-8-4-5-9-19(18)26-20(24)14-30-3/h4-11,16H,12-15H2,1-3H3. The molecule has 4 rings (SSSR count). The van der Waals surface area contributed by atoms with Gasteiger partial charge in [-0.15, -0.1) is 11.8 Å². The summed E-state index contributed by atoms with van der Waals surface area (Å²) < 4.78 is 10.8. The highest BCUT2D eigenvalue weighted by molar-refractivity contribution is 8.00. The Balaban J connectivity index is 1.56. The fourth-order valence-corrected chi connectivity index (χ4v) is 5.09. The van der Waals surface area contributed by atoms with Crippen molar-refractivity contribution in [1.82, 2.24) is 4.98 Å². The minimum Gasteiger partial charge on any atom is -0.452 e. The van der Waals surface area contributed by atoms with Crippen LogP contribution in [0.2, 0.25) is 0 Å². The summed E-state index contributed by atoms with van der Waals surface area (Å²) in [6.07, 6.45) is 0.866. The number of benzene rings is 2. The van der Waals surface area contributed by atoms with Gasteiger partial charge in [0.25, 0.3) is 5.91 Å². The summed E-state index contributed by atoms with van der Waals surface area (Å²) in [6, 6.07) is 15.5. The van der Waals surface area contributed by atoms with Gasteiger partial charge in [0.15, 0.2) is 6.61 Å². The van der Waals surface area contributed by atoms with Crippen molar-refractivity contribution >= 4 is 40.2 Å². The van der Waals surface area contributed by atoms with Gasteiger partial charge in [-0.05, 0) is 37.1 Å². The quantitative estimate of drug-likeness (QED) is 0.522. The molecule has 7 heteroatoms. The summed E-state index contributed by atoms with van der Waals surface area (Å²) in [5.41, 5.74) is 3.29. The maximum Gasteiger partial charge on any atom is 0.340 e. The van der Waals surface area contributed by atoms with Gasteiger partial charge in [0.05, 0.1) is 29.1 Å². The van der Waals surface area contributed by atoms with E-state index in [4.69, 9.17) is 9.47 Å². The first-order valence-corrected chi connectivity index (χ1v) is 11.5. The Morgan fingerprint density at radius 1 is 1.16 bits per heavy atom. The van der Waals surface area contributed by atoms with Crippen LogP contribution in [0.5, 0.6) is 0 Å². The molecule has 0 fully saturated rings. The first kappa shape index (κ1) is 22.3. The van der Waals surface area contributed by atoms with Crippen molar-refractivity contribution in [2.75, 3.05) is 25.2 Å². The molecular weight excluding hydrogens is 424 g/mol. The van der Waals surface area contributed by atoms with E-state index >= 15 is 0 Å². The second-order valence-corrected chi connectivity index (χ2v) is 9.30. The van der Waals surface area contributed by atoms with Gasteiger partial charge in [0, 0.05) is 29.2 Å². The number of rotatable bonds is 5. The molecule has 0 spiro atoms. The van der Waals surface area contributed by atoms with E-state index < -0.39 is 5.97 Å². The number of hydrogen-bond acceptors (Lipinski definition) is 6. The van der Waals surface area contributed by atoms with Crippen LogP contribution in [-0.2, 0) is 20.9 Å². The molecular formula is C25H26N2O4S. The average Bonchev–Trinajstić information content (AvgIpc) is 2.96. The van der Waals surface area contributed by atoms with Crippen LogP contribution in [0, 0.1) is 6.92 Å². The number of carbonyl (C=O) groups is 2. The highest BCUT2D eigenvalue weighted by Crippen LogP contribution is 2.37. The molecule has 1 amide bonds. The number of anilines is 1.